The van der Waals surface area contributed by atoms with Gasteiger partial charge in [-0.15, -0.1) is 6.58 Å². The van der Waals surface area contributed by atoms with Crippen LogP contribution >= 0.6 is 0 Å². The molecule has 0 spiro atoms. The Hall–Kier alpha value is -0.300. The quantitative estimate of drug-likeness (QED) is 0.519. The van der Waals surface area contributed by atoms with Gasteiger partial charge in [0.2, 0.25) is 0 Å². The molecule has 1 heteroatoms. The van der Waals surface area contributed by atoms with Crippen LogP contribution in [0.25, 0.3) is 0 Å². The van der Waals surface area contributed by atoms with Crippen molar-refractivity contribution in [1.29, 1.82) is 0 Å². The molecule has 0 heterocycles. The Kier molecular flexibility index (Phi) is 11.4. The van der Waals surface area contributed by atoms with Gasteiger partial charge in [0, 0.05) is 5.54 Å². The summed E-state index contributed by atoms with van der Waals surface area (Å²) in [6, 6.07) is 0. The summed E-state index contributed by atoms with van der Waals surface area (Å²) in [5.41, 5.74) is 0.265. The van der Waals surface area contributed by atoms with Crippen LogP contribution < -0.4 is 5.32 Å². The van der Waals surface area contributed by atoms with Crippen LogP contribution in [0.5, 0.6) is 0 Å². The number of allylic oxidation sites excluding steroid dienone is 1. The molecule has 0 aliphatic carbocycles. The molecule has 1 N–H and O–H groups in total. The van der Waals surface area contributed by atoms with E-state index >= 15 is 0 Å². The fraction of sp³-hybridized carbons (Fsp3) is 0.833. The second kappa shape index (κ2) is 9.79. The Morgan fingerprint density at radius 1 is 1.23 bits per heavy atom. The molecule has 0 amide bonds. The first-order valence-electron chi connectivity index (χ1n) is 5.33. The van der Waals surface area contributed by atoms with Gasteiger partial charge < -0.3 is 5.32 Å². The lowest BCUT2D eigenvalue weighted by Crippen LogP contribution is -2.36. The number of hydrogen-bond donors (Lipinski definition) is 1. The van der Waals surface area contributed by atoms with Gasteiger partial charge in [0.1, 0.15) is 0 Å². The molecule has 0 aliphatic rings. The summed E-state index contributed by atoms with van der Waals surface area (Å²) in [6.07, 6.45) is 5.52. The molecule has 0 aliphatic heterocycles. The van der Waals surface area contributed by atoms with Crippen molar-refractivity contribution < 1.29 is 0 Å². The van der Waals surface area contributed by atoms with E-state index in [4.69, 9.17) is 0 Å². The van der Waals surface area contributed by atoms with Crippen LogP contribution in [-0.4, -0.2) is 12.1 Å². The van der Waals surface area contributed by atoms with E-state index in [2.05, 4.69) is 46.5 Å². The molecule has 13 heavy (non-hydrogen) atoms. The van der Waals surface area contributed by atoms with Gasteiger partial charge in [-0.2, -0.15) is 0 Å². The van der Waals surface area contributed by atoms with E-state index in [1.807, 2.05) is 6.08 Å². The van der Waals surface area contributed by atoms with Gasteiger partial charge >= 0.3 is 0 Å². The van der Waals surface area contributed by atoms with Crippen molar-refractivity contribution in [2.75, 3.05) is 6.54 Å². The molecule has 0 fully saturated rings. The Labute approximate surface area is 84.6 Å². The van der Waals surface area contributed by atoms with E-state index in [9.17, 15) is 0 Å². The zero-order chi connectivity index (χ0) is 10.7. The minimum absolute atomic E-state index is 0.265. The average Bonchev–Trinajstić information content (AvgIpc) is 1.98. The van der Waals surface area contributed by atoms with E-state index in [1.54, 1.807) is 0 Å². The maximum Gasteiger partial charge on any atom is 0.00965 e. The molecule has 0 aromatic heterocycles. The van der Waals surface area contributed by atoms with Crippen LogP contribution in [0, 0.1) is 0 Å². The lowest BCUT2D eigenvalue weighted by atomic mass is 10.1. The van der Waals surface area contributed by atoms with Crippen LogP contribution in [0.4, 0.5) is 0 Å². The second-order valence-electron chi connectivity index (χ2n) is 4.31. The monoisotopic (exact) mass is 185 g/mol. The minimum atomic E-state index is 0.265. The fourth-order valence-corrected chi connectivity index (χ4v) is 0.710. The van der Waals surface area contributed by atoms with Crippen molar-refractivity contribution >= 4 is 0 Å². The SMILES string of the molecule is C=CCCCNC(C)(C)C.CCC. The largest absolute Gasteiger partial charge is 0.312 e. The van der Waals surface area contributed by atoms with E-state index < -0.39 is 0 Å². The number of rotatable bonds is 4. The molecule has 0 saturated heterocycles. The average molecular weight is 185 g/mol. The molecule has 0 unspecified atom stereocenters. The first-order chi connectivity index (χ1) is 5.97. The molecule has 0 aromatic rings. The molecule has 0 radical (unpaired) electrons. The molecule has 0 aromatic carbocycles. The van der Waals surface area contributed by atoms with Gasteiger partial charge in [-0.3, -0.25) is 0 Å². The van der Waals surface area contributed by atoms with Crippen LogP contribution in [-0.2, 0) is 0 Å². The third kappa shape index (κ3) is 24.5. The van der Waals surface area contributed by atoms with E-state index in [1.165, 1.54) is 12.8 Å². The van der Waals surface area contributed by atoms with Crippen LogP contribution in [0.1, 0.15) is 53.9 Å². The highest BCUT2D eigenvalue weighted by molar-refractivity contribution is 4.72. The highest BCUT2D eigenvalue weighted by Crippen LogP contribution is 1.98. The van der Waals surface area contributed by atoms with Crippen molar-refractivity contribution in [2.24, 2.45) is 0 Å². The van der Waals surface area contributed by atoms with Gasteiger partial charge in [-0.25, -0.2) is 0 Å². The normalized spacial score (nSPS) is 10.2. The summed E-state index contributed by atoms with van der Waals surface area (Å²) in [6.45, 7) is 15.6. The number of hydrogen-bond acceptors (Lipinski definition) is 1. The molecule has 0 saturated carbocycles. The second-order valence-corrected chi connectivity index (χ2v) is 4.31. The number of nitrogens with one attached hydrogen (secondary N) is 1. The zero-order valence-corrected chi connectivity index (χ0v) is 10.1. The van der Waals surface area contributed by atoms with Crippen LogP contribution in [0.3, 0.4) is 0 Å². The Balaban J connectivity index is 0. The van der Waals surface area contributed by atoms with Crippen LogP contribution in [0.2, 0.25) is 0 Å². The van der Waals surface area contributed by atoms with E-state index in [0.717, 1.165) is 13.0 Å². The minimum Gasteiger partial charge on any atom is -0.312 e. The van der Waals surface area contributed by atoms with Gasteiger partial charge in [-0.05, 0) is 40.2 Å². The third-order valence-electron chi connectivity index (χ3n) is 1.24. The molecular formula is C12H27N. The first kappa shape index (κ1) is 15.2. The van der Waals surface area contributed by atoms with Gasteiger partial charge in [0.05, 0.1) is 0 Å². The Morgan fingerprint density at radius 2 is 1.69 bits per heavy atom. The van der Waals surface area contributed by atoms with Gasteiger partial charge in [0.25, 0.3) is 0 Å². The predicted molar refractivity (Wildman–Crippen MR) is 63.2 cm³/mol. The maximum atomic E-state index is 3.67. The van der Waals surface area contributed by atoms with Gasteiger partial charge in [-0.1, -0.05) is 26.3 Å². The topological polar surface area (TPSA) is 12.0 Å². The summed E-state index contributed by atoms with van der Waals surface area (Å²) in [7, 11) is 0. The Morgan fingerprint density at radius 3 is 2.00 bits per heavy atom. The smallest absolute Gasteiger partial charge is 0.00965 e. The van der Waals surface area contributed by atoms with E-state index in [0.29, 0.717) is 0 Å². The summed E-state index contributed by atoms with van der Waals surface area (Å²) >= 11 is 0. The first-order valence-corrected chi connectivity index (χ1v) is 5.33. The highest BCUT2D eigenvalue weighted by Gasteiger charge is 2.06. The zero-order valence-electron chi connectivity index (χ0n) is 10.1. The van der Waals surface area contributed by atoms with Crippen molar-refractivity contribution in [1.82, 2.24) is 5.32 Å². The molecule has 1 nitrogen and oxygen atoms in total. The summed E-state index contributed by atoms with van der Waals surface area (Å²) in [4.78, 5) is 0. The van der Waals surface area contributed by atoms with Crippen molar-refractivity contribution in [2.45, 2.75) is 59.4 Å². The standard InChI is InChI=1S/C9H19N.C3H8/c1-5-6-7-8-10-9(2,3)4;1-3-2/h5,10H,1,6-8H2,2-4H3;3H2,1-2H3. The van der Waals surface area contributed by atoms with E-state index in [-0.39, 0.29) is 5.54 Å². The Bertz CT molecular complexity index is 100. The fourth-order valence-electron chi connectivity index (χ4n) is 0.710. The summed E-state index contributed by atoms with van der Waals surface area (Å²) in [5.74, 6) is 0. The molecule has 0 atom stereocenters. The van der Waals surface area contributed by atoms with Crippen molar-refractivity contribution in [3.8, 4) is 0 Å². The summed E-state index contributed by atoms with van der Waals surface area (Å²) < 4.78 is 0. The molecule has 0 bridgehead atoms. The summed E-state index contributed by atoms with van der Waals surface area (Å²) in [5, 5.41) is 3.41. The predicted octanol–water partition coefficient (Wildman–Crippen LogP) is 3.76. The van der Waals surface area contributed by atoms with Crippen molar-refractivity contribution in [3.63, 3.8) is 0 Å². The number of unbranched alkanes of at least 4 members (excludes halogenated alkanes) is 1. The molecule has 0 rings (SSSR count). The highest BCUT2D eigenvalue weighted by atomic mass is 14.9. The van der Waals surface area contributed by atoms with Crippen LogP contribution in [0.15, 0.2) is 12.7 Å². The molecular weight excluding hydrogens is 158 g/mol. The van der Waals surface area contributed by atoms with Gasteiger partial charge in [0.15, 0.2) is 0 Å². The maximum absolute atomic E-state index is 3.67. The van der Waals surface area contributed by atoms with Crippen molar-refractivity contribution in [3.05, 3.63) is 12.7 Å². The third-order valence-corrected chi connectivity index (χ3v) is 1.24. The lowest BCUT2D eigenvalue weighted by molar-refractivity contribution is 0.423. The lowest BCUT2D eigenvalue weighted by Gasteiger charge is -2.19. The molecule has 80 valence electrons.